The van der Waals surface area contributed by atoms with Crippen LogP contribution in [0.5, 0.6) is 11.5 Å². The van der Waals surface area contributed by atoms with Gasteiger partial charge in [-0.3, -0.25) is 4.79 Å². The summed E-state index contributed by atoms with van der Waals surface area (Å²) in [4.78, 5) is 14.2. The lowest BCUT2D eigenvalue weighted by Crippen LogP contribution is -2.41. The van der Waals surface area contributed by atoms with Crippen molar-refractivity contribution in [1.29, 1.82) is 0 Å². The van der Waals surface area contributed by atoms with E-state index in [4.69, 9.17) is 9.47 Å². The van der Waals surface area contributed by atoms with E-state index in [1.54, 1.807) is 13.2 Å². The standard InChI is InChI=1S/C17H18BrNO3/c1-19-6-5-17-4-3-10(20)7-14(17)22-16-13(21-2)8-12(18)11(9-19)15(16)17/h3-4,8,14H,5-7,9H2,1-2H3. The van der Waals surface area contributed by atoms with Crippen LogP contribution in [-0.4, -0.2) is 37.5 Å². The van der Waals surface area contributed by atoms with Gasteiger partial charge in [-0.05, 0) is 37.7 Å². The second-order valence-electron chi connectivity index (χ2n) is 6.38. The maximum Gasteiger partial charge on any atom is 0.166 e. The van der Waals surface area contributed by atoms with E-state index in [1.165, 1.54) is 11.1 Å². The van der Waals surface area contributed by atoms with Gasteiger partial charge in [0.2, 0.25) is 0 Å². The number of rotatable bonds is 1. The Hall–Kier alpha value is -1.33. The Bertz CT molecular complexity index is 700. The summed E-state index contributed by atoms with van der Waals surface area (Å²) in [6, 6.07) is 1.98. The summed E-state index contributed by atoms with van der Waals surface area (Å²) in [6.07, 6.45) is 5.09. The van der Waals surface area contributed by atoms with Crippen LogP contribution in [0, 0.1) is 0 Å². The van der Waals surface area contributed by atoms with Crippen LogP contribution in [0.2, 0.25) is 0 Å². The van der Waals surface area contributed by atoms with E-state index >= 15 is 0 Å². The molecule has 2 aliphatic heterocycles. The third kappa shape index (κ3) is 1.82. The van der Waals surface area contributed by atoms with Crippen LogP contribution < -0.4 is 9.47 Å². The van der Waals surface area contributed by atoms with Gasteiger partial charge in [-0.1, -0.05) is 22.0 Å². The van der Waals surface area contributed by atoms with Crippen molar-refractivity contribution in [2.75, 3.05) is 20.7 Å². The quantitative estimate of drug-likeness (QED) is 0.768. The minimum Gasteiger partial charge on any atom is -0.493 e. The highest BCUT2D eigenvalue weighted by atomic mass is 79.9. The highest BCUT2D eigenvalue weighted by Crippen LogP contribution is 2.56. The number of carbonyl (C=O) groups is 1. The normalized spacial score (nSPS) is 29.6. The van der Waals surface area contributed by atoms with Gasteiger partial charge < -0.3 is 14.4 Å². The molecule has 2 heterocycles. The molecular weight excluding hydrogens is 346 g/mol. The number of hydrogen-bond acceptors (Lipinski definition) is 4. The second kappa shape index (κ2) is 4.83. The number of nitrogens with zero attached hydrogens (tertiary/aromatic N) is 1. The topological polar surface area (TPSA) is 38.8 Å². The van der Waals surface area contributed by atoms with Crippen LogP contribution in [0.25, 0.3) is 0 Å². The Morgan fingerprint density at radius 3 is 3.09 bits per heavy atom. The molecule has 2 unspecified atom stereocenters. The minimum atomic E-state index is -0.208. The molecule has 2 atom stereocenters. The van der Waals surface area contributed by atoms with Gasteiger partial charge in [-0.25, -0.2) is 0 Å². The van der Waals surface area contributed by atoms with Crippen molar-refractivity contribution in [2.45, 2.75) is 30.9 Å². The fourth-order valence-corrected chi connectivity index (χ4v) is 4.50. The summed E-state index contributed by atoms with van der Waals surface area (Å²) in [5, 5.41) is 0. The van der Waals surface area contributed by atoms with E-state index in [0.717, 1.165) is 35.5 Å². The van der Waals surface area contributed by atoms with Crippen molar-refractivity contribution >= 4 is 21.7 Å². The van der Waals surface area contributed by atoms with E-state index in [-0.39, 0.29) is 17.3 Å². The summed E-state index contributed by atoms with van der Waals surface area (Å²) >= 11 is 3.70. The fourth-order valence-electron chi connectivity index (χ4n) is 3.97. The zero-order valence-corrected chi connectivity index (χ0v) is 14.3. The molecule has 3 aliphatic rings. The summed E-state index contributed by atoms with van der Waals surface area (Å²) in [7, 11) is 3.79. The summed E-state index contributed by atoms with van der Waals surface area (Å²) < 4.78 is 12.8. The smallest absolute Gasteiger partial charge is 0.166 e. The number of allylic oxidation sites excluding steroid dienone is 1. The predicted molar refractivity (Wildman–Crippen MR) is 86.5 cm³/mol. The van der Waals surface area contributed by atoms with Crippen molar-refractivity contribution in [2.24, 2.45) is 0 Å². The van der Waals surface area contributed by atoms with Crippen LogP contribution in [0.3, 0.4) is 0 Å². The number of halogens is 1. The molecule has 5 heteroatoms. The summed E-state index contributed by atoms with van der Waals surface area (Å²) in [5.74, 6) is 1.70. The molecule has 0 N–H and O–H groups in total. The molecule has 0 saturated heterocycles. The van der Waals surface area contributed by atoms with Crippen molar-refractivity contribution in [3.63, 3.8) is 0 Å². The first-order chi connectivity index (χ1) is 10.5. The van der Waals surface area contributed by atoms with Gasteiger partial charge in [0.05, 0.1) is 12.5 Å². The predicted octanol–water partition coefficient (Wildman–Crippen LogP) is 2.82. The van der Waals surface area contributed by atoms with E-state index < -0.39 is 0 Å². The first kappa shape index (κ1) is 14.3. The van der Waals surface area contributed by atoms with Crippen molar-refractivity contribution < 1.29 is 14.3 Å². The lowest BCUT2D eigenvalue weighted by atomic mass is 9.69. The van der Waals surface area contributed by atoms with E-state index in [1.807, 2.05) is 6.07 Å². The number of ketones is 1. The average Bonchev–Trinajstić information content (AvgIpc) is 2.74. The summed E-state index contributed by atoms with van der Waals surface area (Å²) in [5.41, 5.74) is 2.24. The molecule has 0 bridgehead atoms. The third-order valence-electron chi connectivity index (χ3n) is 5.11. The van der Waals surface area contributed by atoms with Gasteiger partial charge in [0.1, 0.15) is 6.10 Å². The number of methoxy groups -OCH3 is 1. The number of ether oxygens (including phenoxy) is 2. The molecule has 116 valence electrons. The molecule has 0 fully saturated rings. The fraction of sp³-hybridized carbons (Fsp3) is 0.471. The van der Waals surface area contributed by atoms with E-state index in [9.17, 15) is 4.79 Å². The van der Waals surface area contributed by atoms with Crippen molar-refractivity contribution in [1.82, 2.24) is 4.90 Å². The van der Waals surface area contributed by atoms with Crippen LogP contribution in [0.15, 0.2) is 22.7 Å². The molecular formula is C17H18BrNO3. The lowest BCUT2D eigenvalue weighted by Gasteiger charge is -2.33. The number of hydrogen-bond donors (Lipinski definition) is 0. The zero-order valence-electron chi connectivity index (χ0n) is 12.7. The molecule has 1 spiro atoms. The maximum absolute atomic E-state index is 11.9. The molecule has 1 aromatic carbocycles. The van der Waals surface area contributed by atoms with Gasteiger partial charge in [-0.15, -0.1) is 0 Å². The Balaban J connectivity index is 2.02. The minimum absolute atomic E-state index is 0.117. The Kier molecular flexibility index (Phi) is 3.13. The molecule has 0 aromatic heterocycles. The molecule has 1 aliphatic carbocycles. The largest absolute Gasteiger partial charge is 0.493 e. The highest BCUT2D eigenvalue weighted by molar-refractivity contribution is 9.10. The van der Waals surface area contributed by atoms with Crippen LogP contribution in [-0.2, 0) is 16.8 Å². The van der Waals surface area contributed by atoms with E-state index in [2.05, 4.69) is 34.0 Å². The van der Waals surface area contributed by atoms with Gasteiger partial charge in [-0.2, -0.15) is 0 Å². The molecule has 4 rings (SSSR count). The van der Waals surface area contributed by atoms with E-state index in [0.29, 0.717) is 6.42 Å². The second-order valence-corrected chi connectivity index (χ2v) is 7.24. The Morgan fingerprint density at radius 2 is 2.32 bits per heavy atom. The SMILES string of the molecule is COc1cc(Br)c2c3c1OC1CC(=O)C=CC31CCN(C)C2. The molecule has 0 amide bonds. The first-order valence-corrected chi connectivity index (χ1v) is 8.31. The van der Waals surface area contributed by atoms with Gasteiger partial charge >= 0.3 is 0 Å². The monoisotopic (exact) mass is 363 g/mol. The summed E-state index contributed by atoms with van der Waals surface area (Å²) in [6.45, 7) is 1.84. The highest BCUT2D eigenvalue weighted by Gasteiger charge is 2.53. The number of carbonyl (C=O) groups excluding carboxylic acids is 1. The van der Waals surface area contributed by atoms with Crippen molar-refractivity contribution in [3.8, 4) is 11.5 Å². The van der Waals surface area contributed by atoms with Gasteiger partial charge in [0, 0.05) is 23.0 Å². The zero-order chi connectivity index (χ0) is 15.5. The molecule has 4 nitrogen and oxygen atoms in total. The van der Waals surface area contributed by atoms with Gasteiger partial charge in [0.15, 0.2) is 17.3 Å². The number of benzene rings is 1. The average molecular weight is 364 g/mol. The first-order valence-electron chi connectivity index (χ1n) is 7.52. The maximum atomic E-state index is 11.9. The Labute approximate surface area is 138 Å². The van der Waals surface area contributed by atoms with Crippen molar-refractivity contribution in [3.05, 3.63) is 33.8 Å². The van der Waals surface area contributed by atoms with Crippen LogP contribution in [0.4, 0.5) is 0 Å². The molecule has 22 heavy (non-hydrogen) atoms. The molecule has 0 radical (unpaired) electrons. The van der Waals surface area contributed by atoms with Crippen LogP contribution >= 0.6 is 15.9 Å². The van der Waals surface area contributed by atoms with Gasteiger partial charge in [0.25, 0.3) is 0 Å². The Morgan fingerprint density at radius 1 is 1.50 bits per heavy atom. The third-order valence-corrected chi connectivity index (χ3v) is 5.81. The lowest BCUT2D eigenvalue weighted by molar-refractivity contribution is -0.117. The molecule has 0 saturated carbocycles. The molecule has 1 aromatic rings. The van der Waals surface area contributed by atoms with Crippen LogP contribution in [0.1, 0.15) is 24.0 Å².